The highest BCUT2D eigenvalue weighted by Gasteiger charge is 2.33. The van der Waals surface area contributed by atoms with Crippen LogP contribution in [0.15, 0.2) is 18.2 Å². The van der Waals surface area contributed by atoms with Crippen LogP contribution >= 0.6 is 11.6 Å². The number of hydrogen-bond donors (Lipinski definition) is 2. The Kier molecular flexibility index (Phi) is 4.19. The van der Waals surface area contributed by atoms with Gasteiger partial charge in [0.2, 0.25) is 0 Å². The molecule has 5 heteroatoms. The Balaban J connectivity index is 2.10. The second-order valence-electron chi connectivity index (χ2n) is 4.80. The summed E-state index contributed by atoms with van der Waals surface area (Å²) in [4.78, 5) is 16.1. The van der Waals surface area contributed by atoms with E-state index in [-0.39, 0.29) is 12.5 Å². The van der Waals surface area contributed by atoms with Crippen molar-refractivity contribution in [2.75, 3.05) is 6.61 Å². The molecule has 1 saturated carbocycles. The second-order valence-corrected chi connectivity index (χ2v) is 5.19. The van der Waals surface area contributed by atoms with Crippen molar-refractivity contribution in [3.05, 3.63) is 29.0 Å². The van der Waals surface area contributed by atoms with Gasteiger partial charge in [0, 0.05) is 0 Å². The smallest absolute Gasteiger partial charge is 0.270 e. The predicted octanol–water partition coefficient (Wildman–Crippen LogP) is 2.16. The highest BCUT2D eigenvalue weighted by Crippen LogP contribution is 2.28. The lowest BCUT2D eigenvalue weighted by atomic mass is 9.82. The van der Waals surface area contributed by atoms with E-state index in [0.29, 0.717) is 10.8 Å². The average Bonchev–Trinajstić information content (AvgIpc) is 2.40. The summed E-state index contributed by atoms with van der Waals surface area (Å²) >= 11 is 5.76. The number of aromatic nitrogens is 1. The zero-order valence-electron chi connectivity index (χ0n) is 10.2. The fourth-order valence-electron chi connectivity index (χ4n) is 2.39. The van der Waals surface area contributed by atoms with E-state index in [1.54, 1.807) is 18.2 Å². The normalized spacial score (nSPS) is 18.3. The molecule has 1 aromatic rings. The molecule has 2 rings (SSSR count). The molecule has 2 N–H and O–H groups in total. The maximum atomic E-state index is 12.1. The number of nitrogens with zero attached hydrogens (tertiary/aromatic N) is 1. The molecule has 0 radical (unpaired) electrons. The van der Waals surface area contributed by atoms with Crippen LogP contribution < -0.4 is 5.32 Å². The zero-order valence-corrected chi connectivity index (χ0v) is 10.9. The van der Waals surface area contributed by atoms with Crippen LogP contribution in [0.25, 0.3) is 0 Å². The standard InChI is InChI=1S/C13H17ClN2O2/c14-11-6-4-5-10(15-11)12(18)16-13(9-17)7-2-1-3-8-13/h4-6,17H,1-3,7-9H2,(H,16,18). The van der Waals surface area contributed by atoms with Crippen LogP contribution in [0, 0.1) is 0 Å². The van der Waals surface area contributed by atoms with Gasteiger partial charge in [-0.2, -0.15) is 0 Å². The molecule has 1 heterocycles. The van der Waals surface area contributed by atoms with Crippen molar-refractivity contribution in [2.45, 2.75) is 37.6 Å². The van der Waals surface area contributed by atoms with E-state index in [0.717, 1.165) is 32.1 Å². The number of carbonyl (C=O) groups excluding carboxylic acids is 1. The van der Waals surface area contributed by atoms with E-state index in [9.17, 15) is 9.90 Å². The molecule has 1 aliphatic rings. The summed E-state index contributed by atoms with van der Waals surface area (Å²) < 4.78 is 0. The minimum atomic E-state index is -0.487. The maximum absolute atomic E-state index is 12.1. The van der Waals surface area contributed by atoms with E-state index in [1.807, 2.05) is 0 Å². The SMILES string of the molecule is O=C(NC1(CO)CCCCC1)c1cccc(Cl)n1. The summed E-state index contributed by atoms with van der Waals surface area (Å²) in [5, 5.41) is 12.7. The average molecular weight is 269 g/mol. The van der Waals surface area contributed by atoms with Crippen LogP contribution in [-0.4, -0.2) is 28.1 Å². The molecule has 4 nitrogen and oxygen atoms in total. The molecule has 18 heavy (non-hydrogen) atoms. The van der Waals surface area contributed by atoms with Crippen LogP contribution in [0.3, 0.4) is 0 Å². The number of hydrogen-bond acceptors (Lipinski definition) is 3. The lowest BCUT2D eigenvalue weighted by Gasteiger charge is -2.36. The van der Waals surface area contributed by atoms with Crippen molar-refractivity contribution in [1.29, 1.82) is 0 Å². The topological polar surface area (TPSA) is 62.2 Å². The number of aliphatic hydroxyl groups excluding tert-OH is 1. The molecule has 0 spiro atoms. The third-order valence-corrected chi connectivity index (χ3v) is 3.65. The first kappa shape index (κ1) is 13.3. The molecule has 98 valence electrons. The van der Waals surface area contributed by atoms with Crippen molar-refractivity contribution in [3.8, 4) is 0 Å². The Hall–Kier alpha value is -1.13. The summed E-state index contributed by atoms with van der Waals surface area (Å²) in [6.45, 7) is -0.0285. The lowest BCUT2D eigenvalue weighted by molar-refractivity contribution is 0.0754. The summed E-state index contributed by atoms with van der Waals surface area (Å²) in [5.74, 6) is -0.270. The van der Waals surface area contributed by atoms with Crippen LogP contribution in [0.2, 0.25) is 5.15 Å². The zero-order chi connectivity index (χ0) is 13.0. The molecular weight excluding hydrogens is 252 g/mol. The molecular formula is C13H17ClN2O2. The minimum Gasteiger partial charge on any atom is -0.394 e. The van der Waals surface area contributed by atoms with Gasteiger partial charge in [-0.05, 0) is 25.0 Å². The lowest BCUT2D eigenvalue weighted by Crippen LogP contribution is -2.52. The molecule has 1 aromatic heterocycles. The Labute approximate surface area is 111 Å². The van der Waals surface area contributed by atoms with Gasteiger partial charge in [-0.15, -0.1) is 0 Å². The highest BCUT2D eigenvalue weighted by molar-refractivity contribution is 6.29. The van der Waals surface area contributed by atoms with E-state index >= 15 is 0 Å². The summed E-state index contributed by atoms with van der Waals surface area (Å²) in [5.41, 5.74) is -0.194. The summed E-state index contributed by atoms with van der Waals surface area (Å²) in [7, 11) is 0. The first-order valence-corrected chi connectivity index (χ1v) is 6.59. The van der Waals surface area contributed by atoms with Crippen molar-refractivity contribution in [3.63, 3.8) is 0 Å². The van der Waals surface area contributed by atoms with E-state index in [1.165, 1.54) is 0 Å². The molecule has 1 fully saturated rings. The van der Waals surface area contributed by atoms with Gasteiger partial charge in [-0.25, -0.2) is 4.98 Å². The van der Waals surface area contributed by atoms with Gasteiger partial charge in [-0.1, -0.05) is 36.9 Å². The Morgan fingerprint density at radius 2 is 2.11 bits per heavy atom. The first-order chi connectivity index (χ1) is 8.65. The van der Waals surface area contributed by atoms with Crippen LogP contribution in [0.5, 0.6) is 0 Å². The number of rotatable bonds is 3. The Morgan fingerprint density at radius 1 is 1.39 bits per heavy atom. The van der Waals surface area contributed by atoms with Gasteiger partial charge in [0.15, 0.2) is 0 Å². The monoisotopic (exact) mass is 268 g/mol. The Morgan fingerprint density at radius 3 is 2.72 bits per heavy atom. The molecule has 0 aromatic carbocycles. The third kappa shape index (κ3) is 3.00. The Bertz CT molecular complexity index is 431. The highest BCUT2D eigenvalue weighted by atomic mass is 35.5. The number of nitrogens with one attached hydrogen (secondary N) is 1. The van der Waals surface area contributed by atoms with Gasteiger partial charge in [0.25, 0.3) is 5.91 Å². The molecule has 0 unspecified atom stereocenters. The molecule has 0 atom stereocenters. The first-order valence-electron chi connectivity index (χ1n) is 6.21. The van der Waals surface area contributed by atoms with Crippen LogP contribution in [-0.2, 0) is 0 Å². The fourth-order valence-corrected chi connectivity index (χ4v) is 2.55. The molecule has 0 aliphatic heterocycles. The third-order valence-electron chi connectivity index (χ3n) is 3.44. The van der Waals surface area contributed by atoms with Crippen molar-refractivity contribution < 1.29 is 9.90 Å². The number of halogens is 1. The number of pyridine rings is 1. The van der Waals surface area contributed by atoms with Crippen molar-refractivity contribution >= 4 is 17.5 Å². The van der Waals surface area contributed by atoms with Gasteiger partial charge in [0.1, 0.15) is 10.8 Å². The van der Waals surface area contributed by atoms with Crippen LogP contribution in [0.1, 0.15) is 42.6 Å². The maximum Gasteiger partial charge on any atom is 0.270 e. The summed E-state index contributed by atoms with van der Waals surface area (Å²) in [6, 6.07) is 4.94. The fraction of sp³-hybridized carbons (Fsp3) is 0.538. The number of carbonyl (C=O) groups is 1. The van der Waals surface area contributed by atoms with Gasteiger partial charge in [-0.3, -0.25) is 4.79 Å². The van der Waals surface area contributed by atoms with Gasteiger partial charge >= 0.3 is 0 Å². The van der Waals surface area contributed by atoms with Crippen molar-refractivity contribution in [1.82, 2.24) is 10.3 Å². The molecule has 0 saturated heterocycles. The largest absolute Gasteiger partial charge is 0.394 e. The number of amides is 1. The minimum absolute atomic E-state index is 0.0285. The van der Waals surface area contributed by atoms with Gasteiger partial charge < -0.3 is 10.4 Å². The second kappa shape index (κ2) is 5.67. The van der Waals surface area contributed by atoms with Crippen LogP contribution in [0.4, 0.5) is 0 Å². The predicted molar refractivity (Wildman–Crippen MR) is 69.6 cm³/mol. The summed E-state index contributed by atoms with van der Waals surface area (Å²) in [6.07, 6.45) is 4.85. The molecule has 1 aliphatic carbocycles. The molecule has 1 amide bonds. The van der Waals surface area contributed by atoms with E-state index in [2.05, 4.69) is 10.3 Å². The van der Waals surface area contributed by atoms with Crippen molar-refractivity contribution in [2.24, 2.45) is 0 Å². The quantitative estimate of drug-likeness (QED) is 0.826. The van der Waals surface area contributed by atoms with E-state index < -0.39 is 5.54 Å². The number of aliphatic hydroxyl groups is 1. The molecule has 0 bridgehead atoms. The van der Waals surface area contributed by atoms with E-state index in [4.69, 9.17) is 11.6 Å². The van der Waals surface area contributed by atoms with Gasteiger partial charge in [0.05, 0.1) is 12.1 Å².